The summed E-state index contributed by atoms with van der Waals surface area (Å²) in [7, 11) is 3.19. The van der Waals surface area contributed by atoms with E-state index in [9.17, 15) is 15.0 Å². The van der Waals surface area contributed by atoms with E-state index < -0.39 is 0 Å². The van der Waals surface area contributed by atoms with E-state index in [1.54, 1.807) is 49.5 Å². The number of phenolic OH excluding ortho intramolecular Hbond substituents is 2. The Morgan fingerprint density at radius 2 is 1.62 bits per heavy atom. The molecule has 0 atom stereocenters. The van der Waals surface area contributed by atoms with E-state index in [4.69, 9.17) is 4.74 Å². The van der Waals surface area contributed by atoms with Gasteiger partial charge in [0.25, 0.3) is 5.56 Å². The van der Waals surface area contributed by atoms with Gasteiger partial charge >= 0.3 is 0 Å². The zero-order valence-electron chi connectivity index (χ0n) is 13.2. The molecule has 0 aliphatic carbocycles. The molecule has 0 saturated carbocycles. The third kappa shape index (κ3) is 1.72. The number of benzene rings is 3. The van der Waals surface area contributed by atoms with E-state index in [1.807, 2.05) is 0 Å². The Balaban J connectivity index is 2.40. The maximum Gasteiger partial charge on any atom is 0.258 e. The van der Waals surface area contributed by atoms with Crippen LogP contribution in [0.15, 0.2) is 47.3 Å². The van der Waals surface area contributed by atoms with Crippen LogP contribution in [0.5, 0.6) is 17.2 Å². The number of rotatable bonds is 1. The van der Waals surface area contributed by atoms with Crippen LogP contribution in [0.25, 0.3) is 32.4 Å². The molecule has 24 heavy (non-hydrogen) atoms. The molecule has 0 radical (unpaired) electrons. The second kappa shape index (κ2) is 4.89. The van der Waals surface area contributed by atoms with Gasteiger partial charge in [0.05, 0.1) is 18.0 Å². The predicted molar refractivity (Wildman–Crippen MR) is 94.1 cm³/mol. The second-order valence-corrected chi connectivity index (χ2v) is 5.74. The van der Waals surface area contributed by atoms with Crippen LogP contribution >= 0.6 is 0 Å². The van der Waals surface area contributed by atoms with E-state index in [-0.39, 0.29) is 17.1 Å². The fourth-order valence-corrected chi connectivity index (χ4v) is 3.32. The maximum atomic E-state index is 12.7. The summed E-state index contributed by atoms with van der Waals surface area (Å²) in [6.07, 6.45) is 0. The van der Waals surface area contributed by atoms with Crippen molar-refractivity contribution in [1.82, 2.24) is 4.57 Å². The van der Waals surface area contributed by atoms with Crippen molar-refractivity contribution < 1.29 is 14.9 Å². The number of fused-ring (bicyclic) bond motifs is 5. The molecule has 0 saturated heterocycles. The molecule has 0 bridgehead atoms. The van der Waals surface area contributed by atoms with E-state index in [0.717, 1.165) is 0 Å². The van der Waals surface area contributed by atoms with Gasteiger partial charge in [0.1, 0.15) is 5.75 Å². The number of hydrogen-bond donors (Lipinski definition) is 2. The lowest BCUT2D eigenvalue weighted by atomic mass is 9.99. The summed E-state index contributed by atoms with van der Waals surface area (Å²) in [5.41, 5.74) is 0.423. The summed E-state index contributed by atoms with van der Waals surface area (Å²) in [6, 6.07) is 12.2. The van der Waals surface area contributed by atoms with Gasteiger partial charge in [-0.1, -0.05) is 18.2 Å². The van der Waals surface area contributed by atoms with Crippen molar-refractivity contribution in [3.8, 4) is 17.2 Å². The summed E-state index contributed by atoms with van der Waals surface area (Å²) in [5.74, 6) is 0.0973. The second-order valence-electron chi connectivity index (χ2n) is 5.74. The lowest BCUT2D eigenvalue weighted by molar-refractivity contribution is 0.409. The van der Waals surface area contributed by atoms with Crippen molar-refractivity contribution in [2.45, 2.75) is 0 Å². The molecule has 0 aliphatic heterocycles. The van der Waals surface area contributed by atoms with Crippen LogP contribution in [0.2, 0.25) is 0 Å². The summed E-state index contributed by atoms with van der Waals surface area (Å²) in [5, 5.41) is 23.8. The number of ether oxygens (including phenoxy) is 1. The number of hydrogen-bond acceptors (Lipinski definition) is 4. The van der Waals surface area contributed by atoms with Gasteiger partial charge in [-0.2, -0.15) is 0 Å². The lowest BCUT2D eigenvalue weighted by Gasteiger charge is -2.15. The van der Waals surface area contributed by atoms with E-state index in [0.29, 0.717) is 38.2 Å². The number of pyridine rings is 1. The van der Waals surface area contributed by atoms with Crippen LogP contribution in [-0.2, 0) is 7.05 Å². The molecule has 120 valence electrons. The van der Waals surface area contributed by atoms with Crippen LogP contribution in [-0.4, -0.2) is 21.9 Å². The molecule has 3 aromatic carbocycles. The molecule has 5 heteroatoms. The molecule has 0 spiro atoms. The predicted octanol–water partition coefficient (Wildman–Crippen LogP) is 3.26. The molecule has 0 unspecified atom stereocenters. The Morgan fingerprint density at radius 1 is 0.917 bits per heavy atom. The summed E-state index contributed by atoms with van der Waals surface area (Å²) < 4.78 is 6.70. The summed E-state index contributed by atoms with van der Waals surface area (Å²) in [6.45, 7) is 0. The maximum absolute atomic E-state index is 12.7. The average Bonchev–Trinajstić information content (AvgIpc) is 2.62. The van der Waals surface area contributed by atoms with E-state index in [1.165, 1.54) is 11.7 Å². The topological polar surface area (TPSA) is 71.7 Å². The van der Waals surface area contributed by atoms with Crippen molar-refractivity contribution in [1.29, 1.82) is 0 Å². The number of nitrogens with zero attached hydrogens (tertiary/aromatic N) is 1. The van der Waals surface area contributed by atoms with Crippen LogP contribution in [0, 0.1) is 0 Å². The highest BCUT2D eigenvalue weighted by Gasteiger charge is 2.19. The number of phenols is 2. The van der Waals surface area contributed by atoms with Crippen LogP contribution < -0.4 is 10.3 Å². The van der Waals surface area contributed by atoms with Gasteiger partial charge in [0.15, 0.2) is 11.5 Å². The molecular formula is C19H15NO4. The first-order valence-corrected chi connectivity index (χ1v) is 7.47. The Hall–Kier alpha value is -3.21. The molecule has 1 aromatic heterocycles. The van der Waals surface area contributed by atoms with Crippen molar-refractivity contribution in [3.05, 3.63) is 52.8 Å². The molecule has 0 amide bonds. The third-order valence-electron chi connectivity index (χ3n) is 4.50. The molecule has 2 N–H and O–H groups in total. The van der Waals surface area contributed by atoms with Gasteiger partial charge in [-0.05, 0) is 24.3 Å². The molecule has 5 nitrogen and oxygen atoms in total. The van der Waals surface area contributed by atoms with Crippen molar-refractivity contribution in [2.24, 2.45) is 7.05 Å². The Labute approximate surface area is 136 Å². The van der Waals surface area contributed by atoms with E-state index in [2.05, 4.69) is 0 Å². The van der Waals surface area contributed by atoms with Gasteiger partial charge in [0, 0.05) is 28.6 Å². The minimum absolute atomic E-state index is 0.152. The Bertz CT molecular complexity index is 1190. The van der Waals surface area contributed by atoms with Gasteiger partial charge in [-0.25, -0.2) is 0 Å². The fourth-order valence-electron chi connectivity index (χ4n) is 3.32. The Kier molecular flexibility index (Phi) is 2.93. The van der Waals surface area contributed by atoms with Gasteiger partial charge < -0.3 is 19.5 Å². The molecule has 4 rings (SSSR count). The van der Waals surface area contributed by atoms with Gasteiger partial charge in [0.2, 0.25) is 0 Å². The van der Waals surface area contributed by atoms with Crippen LogP contribution in [0.3, 0.4) is 0 Å². The zero-order chi connectivity index (χ0) is 17.0. The Morgan fingerprint density at radius 3 is 2.33 bits per heavy atom. The average molecular weight is 321 g/mol. The minimum atomic E-state index is -0.238. The number of aromatic nitrogens is 1. The number of aryl methyl sites for hydroxylation is 1. The van der Waals surface area contributed by atoms with Crippen LogP contribution in [0.1, 0.15) is 0 Å². The monoisotopic (exact) mass is 321 g/mol. The van der Waals surface area contributed by atoms with Gasteiger partial charge in [-0.3, -0.25) is 4.79 Å². The zero-order valence-corrected chi connectivity index (χ0v) is 13.2. The molecular weight excluding hydrogens is 306 g/mol. The van der Waals surface area contributed by atoms with Gasteiger partial charge in [-0.15, -0.1) is 0 Å². The highest BCUT2D eigenvalue weighted by molar-refractivity contribution is 6.20. The van der Waals surface area contributed by atoms with Crippen molar-refractivity contribution >= 4 is 32.4 Å². The summed E-state index contributed by atoms with van der Waals surface area (Å²) >= 11 is 0. The summed E-state index contributed by atoms with van der Waals surface area (Å²) in [4.78, 5) is 12.7. The van der Waals surface area contributed by atoms with Crippen LogP contribution in [0.4, 0.5) is 0 Å². The molecule has 4 aromatic rings. The van der Waals surface area contributed by atoms with Crippen molar-refractivity contribution in [3.63, 3.8) is 0 Å². The molecule has 0 fully saturated rings. The number of methoxy groups -OCH3 is 1. The minimum Gasteiger partial charge on any atom is -0.504 e. The lowest BCUT2D eigenvalue weighted by Crippen LogP contribution is -2.17. The first-order valence-electron chi connectivity index (χ1n) is 7.47. The van der Waals surface area contributed by atoms with Crippen molar-refractivity contribution in [2.75, 3.05) is 7.11 Å². The SMILES string of the molecule is COc1ccc2c(c1)c(O)c(O)c1c3ccccc3c(=O)n(C)c21. The first kappa shape index (κ1) is 14.4. The third-order valence-corrected chi connectivity index (χ3v) is 4.50. The standard InChI is InChI=1S/C19H15NO4/c1-20-16-12-8-7-10(24-2)9-14(12)17(21)18(22)15(16)11-5-3-4-6-13(11)19(20)23/h3-9,21-22H,1-2H3. The number of aromatic hydroxyl groups is 2. The van der Waals surface area contributed by atoms with E-state index >= 15 is 0 Å². The highest BCUT2D eigenvalue weighted by Crippen LogP contribution is 2.44. The molecule has 0 aliphatic rings. The fraction of sp³-hybridized carbons (Fsp3) is 0.105. The smallest absolute Gasteiger partial charge is 0.258 e. The first-order chi connectivity index (χ1) is 11.5. The highest BCUT2D eigenvalue weighted by atomic mass is 16.5. The largest absolute Gasteiger partial charge is 0.504 e. The molecule has 1 heterocycles. The quantitative estimate of drug-likeness (QED) is 0.417. The normalized spacial score (nSPS) is 11.4.